The Bertz CT molecular complexity index is 1710. The van der Waals surface area contributed by atoms with Crippen molar-refractivity contribution in [3.63, 3.8) is 0 Å². The topological polar surface area (TPSA) is 26.3 Å². The summed E-state index contributed by atoms with van der Waals surface area (Å²) in [5.74, 6) is -0.400. The maximum absolute atomic E-state index is 15.1. The zero-order valence-corrected chi connectivity index (χ0v) is 24.7. The Labute approximate surface area is 253 Å². The molecule has 0 radical (unpaired) electrons. The van der Waals surface area contributed by atoms with Gasteiger partial charge in [0.25, 0.3) is 0 Å². The molecule has 1 aliphatic heterocycles. The van der Waals surface area contributed by atoms with Crippen LogP contribution >= 0.6 is 6.83 Å². The van der Waals surface area contributed by atoms with Gasteiger partial charge in [-0.15, -0.1) is 0 Å². The zero-order chi connectivity index (χ0) is 29.1. The molecule has 6 aromatic carbocycles. The number of carbonyl (C=O) groups is 1. The van der Waals surface area contributed by atoms with Crippen LogP contribution in [0.4, 0.5) is 0 Å². The molecule has 0 saturated carbocycles. The second-order valence-corrected chi connectivity index (χ2v) is 15.7. The molecule has 1 heterocycles. The second kappa shape index (κ2) is 11.2. The Balaban J connectivity index is 1.69. The summed E-state index contributed by atoms with van der Waals surface area (Å²) in [6.45, 7) is -3.95. The summed E-state index contributed by atoms with van der Waals surface area (Å²) >= 11 is 0. The normalized spacial score (nSPS) is 21.3. The monoisotopic (exact) mass is 576 g/mol. The van der Waals surface area contributed by atoms with Crippen molar-refractivity contribution in [3.8, 4) is 0 Å². The molecule has 0 N–H and O–H groups in total. The molecule has 0 bridgehead atoms. The molecule has 0 aromatic heterocycles. The summed E-state index contributed by atoms with van der Waals surface area (Å²) in [6.07, 6.45) is -0.489. The van der Waals surface area contributed by atoms with Crippen LogP contribution in [0.15, 0.2) is 182 Å². The fourth-order valence-corrected chi connectivity index (χ4v) is 14.3. The van der Waals surface area contributed by atoms with Crippen molar-refractivity contribution in [2.75, 3.05) is 0 Å². The molecule has 0 amide bonds. The predicted octanol–water partition coefficient (Wildman–Crippen LogP) is 8.44. The van der Waals surface area contributed by atoms with E-state index in [1.807, 2.05) is 54.6 Å². The standard InChI is InChI=1S/C40H33O2P/c41-38(31-19-7-1-8-20-31)37-39(32-21-9-2-10-22-32)42-43(34-25-13-4-14-26-34,35-27-15-5-16-28-35,36-29-17-6-18-30-36)40(37)33-23-11-3-12-24-33/h1-30,37,39-40H/t37-,39-,40-/m0/s1. The van der Waals surface area contributed by atoms with E-state index in [1.165, 1.54) is 0 Å². The molecular formula is C40H33O2P. The van der Waals surface area contributed by atoms with Crippen LogP contribution in [0.1, 0.15) is 33.2 Å². The van der Waals surface area contributed by atoms with Crippen LogP contribution in [0.2, 0.25) is 0 Å². The van der Waals surface area contributed by atoms with Gasteiger partial charge in [0, 0.05) is 0 Å². The fourth-order valence-electron chi connectivity index (χ4n) is 7.25. The predicted molar refractivity (Wildman–Crippen MR) is 179 cm³/mol. The summed E-state index contributed by atoms with van der Waals surface area (Å²) in [6, 6.07) is 62.7. The average molecular weight is 577 g/mol. The number of rotatable bonds is 7. The first-order valence-corrected chi connectivity index (χ1v) is 17.0. The van der Waals surface area contributed by atoms with Crippen molar-refractivity contribution in [2.45, 2.75) is 11.8 Å². The van der Waals surface area contributed by atoms with Gasteiger partial charge in [-0.2, -0.15) is 0 Å². The Kier molecular flexibility index (Phi) is 7.11. The number of hydrogen-bond acceptors (Lipinski definition) is 2. The van der Waals surface area contributed by atoms with E-state index in [9.17, 15) is 0 Å². The summed E-state index contributed by atoms with van der Waals surface area (Å²) in [4.78, 5) is 15.1. The molecule has 3 atom stereocenters. The number of Topliss-reactive ketones (excluding diaryl/α,β-unsaturated/α-hetero) is 1. The quantitative estimate of drug-likeness (QED) is 0.141. The summed E-state index contributed by atoms with van der Waals surface area (Å²) in [5.41, 5.74) is 2.51. The summed E-state index contributed by atoms with van der Waals surface area (Å²) in [5, 5.41) is 3.34. The van der Waals surface area contributed by atoms with Gasteiger partial charge in [-0.05, 0) is 0 Å². The minimum atomic E-state index is -3.95. The van der Waals surface area contributed by atoms with Crippen molar-refractivity contribution >= 4 is 28.5 Å². The number of hydrogen-bond donors (Lipinski definition) is 0. The fraction of sp³-hybridized carbons (Fsp3) is 0.0750. The van der Waals surface area contributed by atoms with E-state index >= 15 is 4.79 Å². The molecule has 6 aromatic rings. The molecule has 1 saturated heterocycles. The molecule has 0 unspecified atom stereocenters. The van der Waals surface area contributed by atoms with Gasteiger partial charge in [-0.25, -0.2) is 0 Å². The van der Waals surface area contributed by atoms with Crippen LogP contribution in [-0.2, 0) is 4.52 Å². The summed E-state index contributed by atoms with van der Waals surface area (Å²) in [7, 11) is 0. The van der Waals surface area contributed by atoms with Gasteiger partial charge in [0.15, 0.2) is 0 Å². The first-order valence-electron chi connectivity index (χ1n) is 14.8. The van der Waals surface area contributed by atoms with E-state index in [2.05, 4.69) is 127 Å². The molecule has 7 rings (SSSR count). The van der Waals surface area contributed by atoms with Gasteiger partial charge in [-0.3, -0.25) is 0 Å². The molecule has 0 spiro atoms. The van der Waals surface area contributed by atoms with E-state index in [1.54, 1.807) is 0 Å². The second-order valence-electron chi connectivity index (χ2n) is 11.2. The minimum absolute atomic E-state index is 0.0950. The third kappa shape index (κ3) is 4.21. The zero-order valence-electron chi connectivity index (χ0n) is 23.8. The average Bonchev–Trinajstić information content (AvgIpc) is 3.45. The summed E-state index contributed by atoms with van der Waals surface area (Å²) < 4.78 is 8.01. The van der Waals surface area contributed by atoms with Crippen LogP contribution in [-0.4, -0.2) is 5.78 Å². The van der Waals surface area contributed by atoms with Gasteiger partial charge >= 0.3 is 254 Å². The van der Waals surface area contributed by atoms with E-state index in [4.69, 9.17) is 4.52 Å². The molecule has 3 heteroatoms. The maximum atomic E-state index is 15.1. The van der Waals surface area contributed by atoms with Crippen molar-refractivity contribution in [3.05, 3.63) is 199 Å². The van der Waals surface area contributed by atoms with Crippen LogP contribution < -0.4 is 15.9 Å². The molecule has 0 aliphatic carbocycles. The number of ketones is 1. The molecular weight excluding hydrogens is 543 g/mol. The van der Waals surface area contributed by atoms with Crippen molar-refractivity contribution in [1.29, 1.82) is 0 Å². The van der Waals surface area contributed by atoms with E-state index in [-0.39, 0.29) is 11.4 Å². The first-order chi connectivity index (χ1) is 21.2. The molecule has 210 valence electrons. The third-order valence-electron chi connectivity index (χ3n) is 8.97. The first kappa shape index (κ1) is 27.2. The number of benzene rings is 6. The van der Waals surface area contributed by atoms with Crippen LogP contribution in [0.3, 0.4) is 0 Å². The van der Waals surface area contributed by atoms with Crippen molar-refractivity contribution in [2.24, 2.45) is 5.92 Å². The molecule has 1 aliphatic rings. The Morgan fingerprint density at radius 3 is 1.21 bits per heavy atom. The van der Waals surface area contributed by atoms with Gasteiger partial charge in [0.2, 0.25) is 0 Å². The third-order valence-corrected chi connectivity index (χ3v) is 15.3. The van der Waals surface area contributed by atoms with Crippen LogP contribution in [0, 0.1) is 5.92 Å². The molecule has 1 fully saturated rings. The van der Waals surface area contributed by atoms with E-state index < -0.39 is 18.9 Å². The SMILES string of the molecule is O=C(c1ccccc1)[C@H]1[C@H](c2ccccc2)OP(c2ccccc2)(c2ccccc2)(c2ccccc2)[C@H]1c1ccccc1. The van der Waals surface area contributed by atoms with Crippen molar-refractivity contribution < 1.29 is 9.32 Å². The van der Waals surface area contributed by atoms with Crippen molar-refractivity contribution in [1.82, 2.24) is 0 Å². The molecule has 2 nitrogen and oxygen atoms in total. The Hall–Kier alpha value is -4.62. The Morgan fingerprint density at radius 2 is 0.791 bits per heavy atom. The van der Waals surface area contributed by atoms with Gasteiger partial charge in [0.1, 0.15) is 0 Å². The van der Waals surface area contributed by atoms with Gasteiger partial charge in [0.05, 0.1) is 0 Å². The van der Waals surface area contributed by atoms with Gasteiger partial charge in [-0.1, -0.05) is 0 Å². The Morgan fingerprint density at radius 1 is 0.442 bits per heavy atom. The molecule has 43 heavy (non-hydrogen) atoms. The van der Waals surface area contributed by atoms with E-state index in [0.29, 0.717) is 5.56 Å². The van der Waals surface area contributed by atoms with E-state index in [0.717, 1.165) is 27.0 Å². The van der Waals surface area contributed by atoms with Crippen LogP contribution in [0.5, 0.6) is 0 Å². The van der Waals surface area contributed by atoms with Crippen LogP contribution in [0.25, 0.3) is 0 Å². The number of carbonyl (C=O) groups excluding carboxylic acids is 1. The van der Waals surface area contributed by atoms with Gasteiger partial charge < -0.3 is 0 Å².